The number of aryl methyl sites for hydroxylation is 1. The van der Waals surface area contributed by atoms with Crippen LogP contribution < -0.4 is 10.6 Å². The molecule has 4 rings (SSSR count). The molecule has 29 heavy (non-hydrogen) atoms. The summed E-state index contributed by atoms with van der Waals surface area (Å²) in [4.78, 5) is 27.1. The first kappa shape index (κ1) is 20.1. The Morgan fingerprint density at radius 3 is 2.48 bits per heavy atom. The van der Waals surface area contributed by atoms with Crippen LogP contribution in [0.2, 0.25) is 5.02 Å². The normalized spacial score (nSPS) is 12.9. The number of fused-ring (bicyclic) bond motifs is 1. The van der Waals surface area contributed by atoms with Gasteiger partial charge in [-0.1, -0.05) is 33.6 Å². The number of benzene rings is 2. The summed E-state index contributed by atoms with van der Waals surface area (Å²) in [5.74, 6) is -0.443. The van der Waals surface area contributed by atoms with E-state index >= 15 is 0 Å². The van der Waals surface area contributed by atoms with Crippen LogP contribution in [0.1, 0.15) is 44.0 Å². The molecular formula is C22H18BrClN2O2S. The maximum absolute atomic E-state index is 13.1. The van der Waals surface area contributed by atoms with Crippen molar-refractivity contribution in [3.8, 4) is 0 Å². The Kier molecular flexibility index (Phi) is 6.04. The van der Waals surface area contributed by atoms with Crippen LogP contribution in [0.25, 0.3) is 0 Å². The summed E-state index contributed by atoms with van der Waals surface area (Å²) in [6.07, 6.45) is 3.94. The Hall–Kier alpha value is -2.15. The first-order valence-corrected chi connectivity index (χ1v) is 11.3. The van der Waals surface area contributed by atoms with Crippen molar-refractivity contribution in [1.82, 2.24) is 0 Å². The van der Waals surface area contributed by atoms with Gasteiger partial charge in [-0.05, 0) is 73.7 Å². The van der Waals surface area contributed by atoms with Gasteiger partial charge in [-0.2, -0.15) is 0 Å². The van der Waals surface area contributed by atoms with Crippen molar-refractivity contribution in [3.05, 3.63) is 79.6 Å². The second-order valence-electron chi connectivity index (χ2n) is 6.84. The van der Waals surface area contributed by atoms with Crippen LogP contribution in [-0.4, -0.2) is 11.8 Å². The number of rotatable bonds is 4. The van der Waals surface area contributed by atoms with E-state index in [1.807, 2.05) is 12.1 Å². The van der Waals surface area contributed by atoms with Crippen molar-refractivity contribution in [2.24, 2.45) is 0 Å². The standard InChI is InChI=1S/C22H18BrClN2O2S/c23-14-5-3-4-13(12-14)20(27)26-22-19(17-6-1-2-7-18(17)29-22)21(28)25-16-10-8-15(24)9-11-16/h3-5,8-12H,1-2,6-7H2,(H,25,28)(H,26,27). The van der Waals surface area contributed by atoms with Gasteiger partial charge in [0.25, 0.3) is 11.8 Å². The molecular weight excluding hydrogens is 472 g/mol. The van der Waals surface area contributed by atoms with E-state index in [1.54, 1.807) is 36.4 Å². The smallest absolute Gasteiger partial charge is 0.258 e. The molecule has 1 aliphatic rings. The van der Waals surface area contributed by atoms with Gasteiger partial charge in [0.15, 0.2) is 0 Å². The van der Waals surface area contributed by atoms with Gasteiger partial charge in [-0.3, -0.25) is 9.59 Å². The molecule has 2 N–H and O–H groups in total. The number of hydrogen-bond acceptors (Lipinski definition) is 3. The van der Waals surface area contributed by atoms with Gasteiger partial charge in [0.05, 0.1) is 5.56 Å². The lowest BCUT2D eigenvalue weighted by Gasteiger charge is -2.13. The van der Waals surface area contributed by atoms with Gasteiger partial charge in [-0.15, -0.1) is 11.3 Å². The van der Waals surface area contributed by atoms with Gasteiger partial charge in [0.1, 0.15) is 5.00 Å². The van der Waals surface area contributed by atoms with E-state index in [0.717, 1.165) is 35.7 Å². The molecule has 0 unspecified atom stereocenters. The molecule has 0 bridgehead atoms. The average molecular weight is 490 g/mol. The van der Waals surface area contributed by atoms with Crippen molar-refractivity contribution in [2.45, 2.75) is 25.7 Å². The molecule has 3 aromatic rings. The molecule has 2 aromatic carbocycles. The second-order valence-corrected chi connectivity index (χ2v) is 9.30. The highest BCUT2D eigenvalue weighted by atomic mass is 79.9. The van der Waals surface area contributed by atoms with Crippen molar-refractivity contribution >= 4 is 61.4 Å². The molecule has 148 valence electrons. The lowest BCUT2D eigenvalue weighted by atomic mass is 9.95. The molecule has 1 heterocycles. The summed E-state index contributed by atoms with van der Waals surface area (Å²) in [6.45, 7) is 0. The molecule has 0 saturated heterocycles. The van der Waals surface area contributed by atoms with Crippen LogP contribution in [0.5, 0.6) is 0 Å². The minimum absolute atomic E-state index is 0.212. The monoisotopic (exact) mass is 488 g/mol. The highest BCUT2D eigenvalue weighted by Crippen LogP contribution is 2.39. The Morgan fingerprint density at radius 1 is 0.966 bits per heavy atom. The minimum Gasteiger partial charge on any atom is -0.322 e. The fourth-order valence-electron chi connectivity index (χ4n) is 3.43. The van der Waals surface area contributed by atoms with Crippen molar-refractivity contribution < 1.29 is 9.59 Å². The number of anilines is 2. The fourth-order valence-corrected chi connectivity index (χ4v) is 5.23. The van der Waals surface area contributed by atoms with Crippen molar-refractivity contribution in [3.63, 3.8) is 0 Å². The van der Waals surface area contributed by atoms with Crippen LogP contribution in [0.4, 0.5) is 10.7 Å². The lowest BCUT2D eigenvalue weighted by molar-refractivity contribution is 0.102. The number of amides is 2. The number of carbonyl (C=O) groups excluding carboxylic acids is 2. The summed E-state index contributed by atoms with van der Waals surface area (Å²) in [5.41, 5.74) is 2.83. The molecule has 1 aliphatic carbocycles. The highest BCUT2D eigenvalue weighted by molar-refractivity contribution is 9.10. The van der Waals surface area contributed by atoms with Crippen LogP contribution in [0, 0.1) is 0 Å². The maximum atomic E-state index is 13.1. The molecule has 7 heteroatoms. The Balaban J connectivity index is 1.65. The van der Waals surface area contributed by atoms with Gasteiger partial charge >= 0.3 is 0 Å². The largest absolute Gasteiger partial charge is 0.322 e. The van der Waals surface area contributed by atoms with Crippen molar-refractivity contribution in [1.29, 1.82) is 0 Å². The number of hydrogen-bond donors (Lipinski definition) is 2. The van der Waals surface area contributed by atoms with Crippen LogP contribution in [-0.2, 0) is 12.8 Å². The quantitative estimate of drug-likeness (QED) is 0.437. The van der Waals surface area contributed by atoms with Crippen molar-refractivity contribution in [2.75, 3.05) is 10.6 Å². The van der Waals surface area contributed by atoms with E-state index in [9.17, 15) is 9.59 Å². The maximum Gasteiger partial charge on any atom is 0.258 e. The van der Waals surface area contributed by atoms with Crippen LogP contribution in [0.3, 0.4) is 0 Å². The minimum atomic E-state index is -0.231. The molecule has 2 amide bonds. The van der Waals surface area contributed by atoms with Gasteiger partial charge in [-0.25, -0.2) is 0 Å². The molecule has 0 radical (unpaired) electrons. The molecule has 0 atom stereocenters. The Bertz CT molecular complexity index is 1080. The van der Waals surface area contributed by atoms with Crippen LogP contribution in [0.15, 0.2) is 53.0 Å². The third-order valence-electron chi connectivity index (χ3n) is 4.81. The predicted octanol–water partition coefficient (Wildman–Crippen LogP) is 6.55. The SMILES string of the molecule is O=C(Nc1sc2c(c1C(=O)Nc1ccc(Cl)cc1)CCCC2)c1cccc(Br)c1. The number of nitrogens with one attached hydrogen (secondary N) is 2. The first-order valence-electron chi connectivity index (χ1n) is 9.29. The number of carbonyl (C=O) groups is 2. The third kappa shape index (κ3) is 4.55. The topological polar surface area (TPSA) is 58.2 Å². The summed E-state index contributed by atoms with van der Waals surface area (Å²) in [6, 6.07) is 14.2. The third-order valence-corrected chi connectivity index (χ3v) is 6.77. The number of halogens is 2. The summed E-state index contributed by atoms with van der Waals surface area (Å²) in [7, 11) is 0. The van der Waals surface area contributed by atoms with E-state index in [0.29, 0.717) is 26.8 Å². The molecule has 0 aliphatic heterocycles. The molecule has 0 spiro atoms. The van der Waals surface area contributed by atoms with Crippen LogP contribution >= 0.6 is 38.9 Å². The zero-order chi connectivity index (χ0) is 20.4. The van der Waals surface area contributed by atoms with E-state index in [4.69, 9.17) is 11.6 Å². The zero-order valence-electron chi connectivity index (χ0n) is 15.4. The predicted molar refractivity (Wildman–Crippen MR) is 122 cm³/mol. The van der Waals surface area contributed by atoms with E-state index in [2.05, 4.69) is 26.6 Å². The average Bonchev–Trinajstić information content (AvgIpc) is 3.07. The van der Waals surface area contributed by atoms with E-state index < -0.39 is 0 Å². The lowest BCUT2D eigenvalue weighted by Crippen LogP contribution is -2.18. The molecule has 1 aromatic heterocycles. The zero-order valence-corrected chi connectivity index (χ0v) is 18.6. The Labute approximate surface area is 186 Å². The van der Waals surface area contributed by atoms with Gasteiger partial charge in [0.2, 0.25) is 0 Å². The summed E-state index contributed by atoms with van der Waals surface area (Å²) in [5, 5.41) is 7.11. The molecule has 0 saturated carbocycles. The van der Waals surface area contributed by atoms with E-state index in [-0.39, 0.29) is 11.8 Å². The fraction of sp³-hybridized carbons (Fsp3) is 0.182. The second kappa shape index (κ2) is 8.69. The molecule has 0 fully saturated rings. The summed E-state index contributed by atoms with van der Waals surface area (Å²) < 4.78 is 0.830. The first-order chi connectivity index (χ1) is 14.0. The Morgan fingerprint density at radius 2 is 1.72 bits per heavy atom. The van der Waals surface area contributed by atoms with Gasteiger partial charge in [0, 0.05) is 25.6 Å². The number of thiophene rings is 1. The van der Waals surface area contributed by atoms with Gasteiger partial charge < -0.3 is 10.6 Å². The van der Waals surface area contributed by atoms with E-state index in [1.165, 1.54) is 16.2 Å². The molecule has 4 nitrogen and oxygen atoms in total. The summed E-state index contributed by atoms with van der Waals surface area (Å²) >= 11 is 10.8. The highest BCUT2D eigenvalue weighted by Gasteiger charge is 2.26.